The van der Waals surface area contributed by atoms with E-state index in [1.165, 1.54) is 82.6 Å². The maximum Gasteiger partial charge on any atom is 0.193 e. The Hall–Kier alpha value is -1.93. The molecule has 33 heavy (non-hydrogen) atoms. The second-order valence-corrected chi connectivity index (χ2v) is 9.72. The molecule has 0 saturated heterocycles. The number of benzene rings is 2. The molecule has 2 aromatic carbocycles. The van der Waals surface area contributed by atoms with E-state index in [0.717, 1.165) is 36.8 Å². The van der Waals surface area contributed by atoms with Crippen LogP contribution in [0.3, 0.4) is 0 Å². The summed E-state index contributed by atoms with van der Waals surface area (Å²) in [5.41, 5.74) is 9.14. The first-order valence-electron chi connectivity index (χ1n) is 13.6. The maximum absolute atomic E-state index is 12.5. The zero-order valence-corrected chi connectivity index (χ0v) is 21.1. The van der Waals surface area contributed by atoms with Crippen molar-refractivity contribution in [2.45, 2.75) is 116 Å². The number of aryl methyl sites for hydroxylation is 1. The summed E-state index contributed by atoms with van der Waals surface area (Å²) < 4.78 is 0. The van der Waals surface area contributed by atoms with Crippen LogP contribution in [0.5, 0.6) is 0 Å². The van der Waals surface area contributed by atoms with E-state index < -0.39 is 0 Å². The molecule has 0 bridgehead atoms. The lowest BCUT2D eigenvalue weighted by atomic mass is 9.98. The molecule has 0 aromatic heterocycles. The van der Waals surface area contributed by atoms with Gasteiger partial charge in [-0.1, -0.05) is 139 Å². The Morgan fingerprint density at radius 3 is 1.70 bits per heavy atom. The molecule has 0 aliphatic rings. The summed E-state index contributed by atoms with van der Waals surface area (Å²) in [6.45, 7) is 2.28. The topological polar surface area (TPSA) is 43.1 Å². The van der Waals surface area contributed by atoms with Crippen molar-refractivity contribution in [2.75, 3.05) is 0 Å². The van der Waals surface area contributed by atoms with Crippen LogP contribution in [-0.4, -0.2) is 11.8 Å². The third kappa shape index (κ3) is 12.2. The van der Waals surface area contributed by atoms with Gasteiger partial charge >= 0.3 is 0 Å². The molecule has 1 unspecified atom stereocenters. The number of carbonyl (C=O) groups excluding carboxylic acids is 1. The van der Waals surface area contributed by atoms with Gasteiger partial charge < -0.3 is 5.73 Å². The summed E-state index contributed by atoms with van der Waals surface area (Å²) in [7, 11) is 0. The number of nitrogens with two attached hydrogens (primary N) is 1. The molecular formula is C31H47NO. The van der Waals surface area contributed by atoms with Gasteiger partial charge in [-0.3, -0.25) is 4.79 Å². The fourth-order valence-corrected chi connectivity index (χ4v) is 4.54. The predicted octanol–water partition coefficient (Wildman–Crippen LogP) is 8.66. The molecule has 0 aliphatic heterocycles. The van der Waals surface area contributed by atoms with Crippen LogP contribution in [-0.2, 0) is 6.42 Å². The fourth-order valence-electron chi connectivity index (χ4n) is 4.54. The van der Waals surface area contributed by atoms with Crippen LogP contribution in [0.15, 0.2) is 54.6 Å². The van der Waals surface area contributed by atoms with E-state index in [4.69, 9.17) is 5.73 Å². The molecule has 0 radical (unpaired) electrons. The molecule has 2 N–H and O–H groups in total. The van der Waals surface area contributed by atoms with Crippen LogP contribution in [0.4, 0.5) is 0 Å². The molecule has 2 rings (SSSR count). The first-order valence-corrected chi connectivity index (χ1v) is 13.6. The highest BCUT2D eigenvalue weighted by molar-refractivity contribution is 6.08. The van der Waals surface area contributed by atoms with Crippen LogP contribution >= 0.6 is 0 Å². The molecule has 0 saturated carbocycles. The number of hydrogen-bond acceptors (Lipinski definition) is 2. The molecule has 2 nitrogen and oxygen atoms in total. The number of rotatable bonds is 19. The number of ketones is 1. The van der Waals surface area contributed by atoms with Gasteiger partial charge in [-0.05, 0) is 31.2 Å². The molecule has 0 fully saturated rings. The van der Waals surface area contributed by atoms with E-state index in [9.17, 15) is 4.79 Å². The van der Waals surface area contributed by atoms with Crippen LogP contribution in [0.1, 0.15) is 125 Å². The molecule has 182 valence electrons. The highest BCUT2D eigenvalue weighted by Crippen LogP contribution is 2.16. The normalized spacial score (nSPS) is 12.1. The van der Waals surface area contributed by atoms with Crippen LogP contribution < -0.4 is 5.73 Å². The van der Waals surface area contributed by atoms with Gasteiger partial charge in [0.25, 0.3) is 0 Å². The lowest BCUT2D eigenvalue weighted by Gasteiger charge is -2.11. The van der Waals surface area contributed by atoms with Crippen molar-refractivity contribution < 1.29 is 4.79 Å². The number of carbonyl (C=O) groups is 1. The van der Waals surface area contributed by atoms with Crippen molar-refractivity contribution in [3.05, 3.63) is 71.3 Å². The van der Waals surface area contributed by atoms with Gasteiger partial charge in [0, 0.05) is 17.2 Å². The minimum Gasteiger partial charge on any atom is -0.328 e. The maximum atomic E-state index is 12.5. The summed E-state index contributed by atoms with van der Waals surface area (Å²) >= 11 is 0. The van der Waals surface area contributed by atoms with Crippen LogP contribution in [0.2, 0.25) is 0 Å². The first kappa shape index (κ1) is 27.3. The van der Waals surface area contributed by atoms with Crippen molar-refractivity contribution in [2.24, 2.45) is 5.73 Å². The molecule has 0 spiro atoms. The van der Waals surface area contributed by atoms with Crippen molar-refractivity contribution >= 4 is 5.78 Å². The second kappa shape index (κ2) is 17.5. The Labute approximate surface area is 203 Å². The van der Waals surface area contributed by atoms with E-state index in [2.05, 4.69) is 19.1 Å². The zero-order chi connectivity index (χ0) is 23.6. The Bertz CT molecular complexity index is 737. The Morgan fingerprint density at radius 1 is 0.636 bits per heavy atom. The monoisotopic (exact) mass is 449 g/mol. The van der Waals surface area contributed by atoms with Gasteiger partial charge in [0.05, 0.1) is 0 Å². The minimum atomic E-state index is 0.0894. The third-order valence-corrected chi connectivity index (χ3v) is 6.72. The first-order chi connectivity index (χ1) is 16.2. The number of hydrogen-bond donors (Lipinski definition) is 1. The Kier molecular flexibility index (Phi) is 14.5. The highest BCUT2D eigenvalue weighted by atomic mass is 16.1. The fraction of sp³-hybridized carbons (Fsp3) is 0.581. The molecule has 0 aliphatic carbocycles. The second-order valence-electron chi connectivity index (χ2n) is 9.72. The van der Waals surface area contributed by atoms with Crippen molar-refractivity contribution in [3.8, 4) is 0 Å². The van der Waals surface area contributed by atoms with Gasteiger partial charge in [0.1, 0.15) is 0 Å². The SMILES string of the molecule is CCCCCCCCCCCCCCC(N)CCCc1ccc(C(=O)c2ccccc2)cc1. The number of unbranched alkanes of at least 4 members (excludes halogenated alkanes) is 11. The Balaban J connectivity index is 1.47. The van der Waals surface area contributed by atoms with E-state index in [1.54, 1.807) is 0 Å². The van der Waals surface area contributed by atoms with Crippen LogP contribution in [0, 0.1) is 0 Å². The van der Waals surface area contributed by atoms with Gasteiger partial charge in [-0.2, -0.15) is 0 Å². The average Bonchev–Trinajstić information content (AvgIpc) is 2.85. The molecule has 2 aromatic rings. The summed E-state index contributed by atoms with van der Waals surface area (Å²) in [6.07, 6.45) is 21.1. The lowest BCUT2D eigenvalue weighted by Crippen LogP contribution is -2.19. The van der Waals surface area contributed by atoms with Gasteiger partial charge in [0.2, 0.25) is 0 Å². The van der Waals surface area contributed by atoms with Gasteiger partial charge in [0.15, 0.2) is 5.78 Å². The predicted molar refractivity (Wildman–Crippen MR) is 143 cm³/mol. The summed E-state index contributed by atoms with van der Waals surface area (Å²) in [4.78, 5) is 12.5. The lowest BCUT2D eigenvalue weighted by molar-refractivity contribution is 0.103. The average molecular weight is 450 g/mol. The van der Waals surface area contributed by atoms with E-state index in [0.29, 0.717) is 6.04 Å². The van der Waals surface area contributed by atoms with Gasteiger partial charge in [-0.25, -0.2) is 0 Å². The van der Waals surface area contributed by atoms with Crippen molar-refractivity contribution in [1.82, 2.24) is 0 Å². The standard InChI is InChI=1S/C31H47NO/c1-2-3-4-5-6-7-8-9-10-11-12-16-21-30(32)22-17-18-27-23-25-29(26-24-27)31(33)28-19-14-13-15-20-28/h13-15,19-20,23-26,30H,2-12,16-18,21-22,32H2,1H3. The third-order valence-electron chi connectivity index (χ3n) is 6.72. The van der Waals surface area contributed by atoms with E-state index in [-0.39, 0.29) is 5.78 Å². The highest BCUT2D eigenvalue weighted by Gasteiger charge is 2.08. The largest absolute Gasteiger partial charge is 0.328 e. The summed E-state index contributed by atoms with van der Waals surface area (Å²) in [5, 5.41) is 0. The zero-order valence-electron chi connectivity index (χ0n) is 21.1. The smallest absolute Gasteiger partial charge is 0.193 e. The molecule has 2 heteroatoms. The van der Waals surface area contributed by atoms with E-state index >= 15 is 0 Å². The molecule has 1 atom stereocenters. The summed E-state index contributed by atoms with van der Waals surface area (Å²) in [6, 6.07) is 17.9. The van der Waals surface area contributed by atoms with E-state index in [1.807, 2.05) is 42.5 Å². The van der Waals surface area contributed by atoms with Gasteiger partial charge in [-0.15, -0.1) is 0 Å². The molecule has 0 amide bonds. The van der Waals surface area contributed by atoms with Crippen LogP contribution in [0.25, 0.3) is 0 Å². The Morgan fingerprint density at radius 2 is 1.12 bits per heavy atom. The minimum absolute atomic E-state index is 0.0894. The molecule has 0 heterocycles. The summed E-state index contributed by atoms with van der Waals surface area (Å²) in [5.74, 6) is 0.0894. The van der Waals surface area contributed by atoms with Crippen molar-refractivity contribution in [3.63, 3.8) is 0 Å². The molecular weight excluding hydrogens is 402 g/mol. The van der Waals surface area contributed by atoms with Crippen molar-refractivity contribution in [1.29, 1.82) is 0 Å². The quantitative estimate of drug-likeness (QED) is 0.172.